The SMILES string of the molecule is CCNC(=O)C(Cc1ccccc1)N(Cc1ccc(F)cc1)C(=O)CCc1ccccc1Cl. The smallest absolute Gasteiger partial charge is 0.243 e. The van der Waals surface area contributed by atoms with E-state index in [1.54, 1.807) is 23.1 Å². The van der Waals surface area contributed by atoms with Crippen molar-refractivity contribution in [2.75, 3.05) is 6.54 Å². The number of nitrogens with zero attached hydrogens (tertiary/aromatic N) is 1. The summed E-state index contributed by atoms with van der Waals surface area (Å²) in [5.41, 5.74) is 2.59. The summed E-state index contributed by atoms with van der Waals surface area (Å²) in [4.78, 5) is 28.1. The minimum absolute atomic E-state index is 0.161. The zero-order valence-corrected chi connectivity index (χ0v) is 19.4. The molecule has 4 nitrogen and oxygen atoms in total. The molecule has 0 radical (unpaired) electrons. The van der Waals surface area contributed by atoms with Crippen LogP contribution in [-0.4, -0.2) is 29.3 Å². The molecule has 0 aliphatic carbocycles. The molecule has 0 saturated carbocycles. The van der Waals surface area contributed by atoms with Crippen LogP contribution < -0.4 is 5.32 Å². The maximum absolute atomic E-state index is 13.5. The fraction of sp³-hybridized carbons (Fsp3) is 0.259. The van der Waals surface area contributed by atoms with Gasteiger partial charge in [0, 0.05) is 31.0 Å². The molecule has 3 aromatic carbocycles. The molecular weight excluding hydrogens is 439 g/mol. The topological polar surface area (TPSA) is 49.4 Å². The maximum Gasteiger partial charge on any atom is 0.243 e. The molecule has 3 aromatic rings. The third-order valence-electron chi connectivity index (χ3n) is 5.45. The highest BCUT2D eigenvalue weighted by Gasteiger charge is 2.30. The van der Waals surface area contributed by atoms with Gasteiger partial charge < -0.3 is 10.2 Å². The number of nitrogens with one attached hydrogen (secondary N) is 1. The second-order valence-corrected chi connectivity index (χ2v) is 8.25. The molecule has 0 aliphatic rings. The second-order valence-electron chi connectivity index (χ2n) is 7.84. The first-order chi connectivity index (χ1) is 16.0. The molecule has 172 valence electrons. The number of carbonyl (C=O) groups excluding carboxylic acids is 2. The Kier molecular flexibility index (Phi) is 9.02. The Morgan fingerprint density at radius 3 is 2.27 bits per heavy atom. The van der Waals surface area contributed by atoms with Crippen molar-refractivity contribution in [2.24, 2.45) is 0 Å². The first-order valence-electron chi connectivity index (χ1n) is 11.1. The Labute approximate surface area is 199 Å². The number of amides is 2. The molecule has 0 saturated heterocycles. The minimum Gasteiger partial charge on any atom is -0.355 e. The van der Waals surface area contributed by atoms with E-state index in [9.17, 15) is 14.0 Å². The predicted molar refractivity (Wildman–Crippen MR) is 129 cm³/mol. The highest BCUT2D eigenvalue weighted by molar-refractivity contribution is 6.31. The van der Waals surface area contributed by atoms with E-state index in [-0.39, 0.29) is 30.6 Å². The highest BCUT2D eigenvalue weighted by Crippen LogP contribution is 2.20. The summed E-state index contributed by atoms with van der Waals surface area (Å²) in [6.45, 7) is 2.51. The van der Waals surface area contributed by atoms with Gasteiger partial charge in [0.1, 0.15) is 11.9 Å². The van der Waals surface area contributed by atoms with Crippen molar-refractivity contribution in [3.63, 3.8) is 0 Å². The molecule has 1 atom stereocenters. The minimum atomic E-state index is -0.698. The third kappa shape index (κ3) is 7.16. The quantitative estimate of drug-likeness (QED) is 0.447. The summed E-state index contributed by atoms with van der Waals surface area (Å²) >= 11 is 6.27. The van der Waals surface area contributed by atoms with Gasteiger partial charge in [-0.15, -0.1) is 0 Å². The van der Waals surface area contributed by atoms with Gasteiger partial charge in [0.2, 0.25) is 11.8 Å². The van der Waals surface area contributed by atoms with Crippen molar-refractivity contribution in [3.8, 4) is 0 Å². The van der Waals surface area contributed by atoms with E-state index in [2.05, 4.69) is 5.32 Å². The maximum atomic E-state index is 13.5. The first kappa shape index (κ1) is 24.5. The normalized spacial score (nSPS) is 11.6. The third-order valence-corrected chi connectivity index (χ3v) is 5.82. The number of likely N-dealkylation sites (N-methyl/N-ethyl adjacent to an activating group) is 1. The number of hydrogen-bond acceptors (Lipinski definition) is 2. The van der Waals surface area contributed by atoms with Crippen LogP contribution in [0.1, 0.15) is 30.0 Å². The molecule has 0 fully saturated rings. The van der Waals surface area contributed by atoms with Crippen LogP contribution in [-0.2, 0) is 29.0 Å². The monoisotopic (exact) mass is 466 g/mol. The Morgan fingerprint density at radius 2 is 1.61 bits per heavy atom. The number of hydrogen-bond donors (Lipinski definition) is 1. The lowest BCUT2D eigenvalue weighted by Crippen LogP contribution is -2.50. The number of rotatable bonds is 10. The van der Waals surface area contributed by atoms with Crippen LogP contribution in [0.3, 0.4) is 0 Å². The van der Waals surface area contributed by atoms with Crippen molar-refractivity contribution < 1.29 is 14.0 Å². The first-order valence-corrected chi connectivity index (χ1v) is 11.4. The molecule has 0 spiro atoms. The van der Waals surface area contributed by atoms with Crippen LogP contribution in [0.5, 0.6) is 0 Å². The molecule has 0 aromatic heterocycles. The van der Waals surface area contributed by atoms with Crippen LogP contribution in [0.15, 0.2) is 78.9 Å². The lowest BCUT2D eigenvalue weighted by atomic mass is 10.0. The largest absolute Gasteiger partial charge is 0.355 e. The van der Waals surface area contributed by atoms with Gasteiger partial charge in [-0.05, 0) is 48.2 Å². The number of benzene rings is 3. The van der Waals surface area contributed by atoms with E-state index in [4.69, 9.17) is 11.6 Å². The zero-order chi connectivity index (χ0) is 23.6. The second kappa shape index (κ2) is 12.2. The fourth-order valence-electron chi connectivity index (χ4n) is 3.72. The Balaban J connectivity index is 1.89. The number of aryl methyl sites for hydroxylation is 1. The van der Waals surface area contributed by atoms with Crippen LogP contribution in [0.2, 0.25) is 5.02 Å². The van der Waals surface area contributed by atoms with E-state index in [0.29, 0.717) is 24.4 Å². The van der Waals surface area contributed by atoms with E-state index in [1.165, 1.54) is 12.1 Å². The number of carbonyl (C=O) groups is 2. The Bertz CT molecular complexity index is 1060. The average Bonchev–Trinajstić information content (AvgIpc) is 2.82. The van der Waals surface area contributed by atoms with Gasteiger partial charge in [-0.25, -0.2) is 4.39 Å². The molecule has 33 heavy (non-hydrogen) atoms. The summed E-state index contributed by atoms with van der Waals surface area (Å²) in [5.74, 6) is -0.721. The fourth-order valence-corrected chi connectivity index (χ4v) is 3.95. The predicted octanol–water partition coefficient (Wildman–Crippen LogP) is 5.19. The van der Waals surface area contributed by atoms with E-state index in [1.807, 2.05) is 55.5 Å². The van der Waals surface area contributed by atoms with Crippen molar-refractivity contribution in [3.05, 3.63) is 106 Å². The summed E-state index contributed by atoms with van der Waals surface area (Å²) in [6, 6.07) is 22.3. The van der Waals surface area contributed by atoms with Crippen molar-refractivity contribution in [1.29, 1.82) is 0 Å². The summed E-state index contributed by atoms with van der Waals surface area (Å²) < 4.78 is 13.4. The van der Waals surface area contributed by atoms with Crippen molar-refractivity contribution >= 4 is 23.4 Å². The van der Waals surface area contributed by atoms with Crippen molar-refractivity contribution in [1.82, 2.24) is 10.2 Å². The van der Waals surface area contributed by atoms with Crippen molar-refractivity contribution in [2.45, 2.75) is 38.8 Å². The van der Waals surface area contributed by atoms with E-state index in [0.717, 1.165) is 16.7 Å². The molecule has 0 aliphatic heterocycles. The van der Waals surface area contributed by atoms with Gasteiger partial charge in [-0.1, -0.05) is 72.3 Å². The molecule has 0 heterocycles. The molecular formula is C27H28ClFN2O2. The van der Waals surface area contributed by atoms with Crippen LogP contribution in [0.25, 0.3) is 0 Å². The van der Waals surface area contributed by atoms with Gasteiger partial charge in [0.05, 0.1) is 0 Å². The van der Waals surface area contributed by atoms with Gasteiger partial charge in [0.15, 0.2) is 0 Å². The highest BCUT2D eigenvalue weighted by atomic mass is 35.5. The van der Waals surface area contributed by atoms with Gasteiger partial charge in [-0.2, -0.15) is 0 Å². The lowest BCUT2D eigenvalue weighted by molar-refractivity contribution is -0.141. The summed E-state index contributed by atoms with van der Waals surface area (Å²) in [6.07, 6.45) is 1.05. The van der Waals surface area contributed by atoms with Gasteiger partial charge in [0.25, 0.3) is 0 Å². The molecule has 2 amide bonds. The summed E-state index contributed by atoms with van der Waals surface area (Å²) in [7, 11) is 0. The molecule has 3 rings (SSSR count). The Hall–Kier alpha value is -3.18. The van der Waals surface area contributed by atoms with Crippen LogP contribution >= 0.6 is 11.6 Å². The molecule has 6 heteroatoms. The van der Waals surface area contributed by atoms with E-state index < -0.39 is 6.04 Å². The Morgan fingerprint density at radius 1 is 0.939 bits per heavy atom. The zero-order valence-electron chi connectivity index (χ0n) is 18.6. The van der Waals surface area contributed by atoms with Crippen LogP contribution in [0, 0.1) is 5.82 Å². The lowest BCUT2D eigenvalue weighted by Gasteiger charge is -2.31. The average molecular weight is 467 g/mol. The van der Waals surface area contributed by atoms with Gasteiger partial charge in [-0.3, -0.25) is 9.59 Å². The summed E-state index contributed by atoms with van der Waals surface area (Å²) in [5, 5.41) is 3.48. The van der Waals surface area contributed by atoms with Crippen LogP contribution in [0.4, 0.5) is 4.39 Å². The standard InChI is InChI=1S/C27H28ClFN2O2/c1-2-30-27(33)25(18-20-8-4-3-5-9-20)31(19-21-12-15-23(29)16-13-21)26(32)17-14-22-10-6-7-11-24(22)28/h3-13,15-16,25H,2,14,17-19H2,1H3,(H,30,33). The van der Waals surface area contributed by atoms with Gasteiger partial charge >= 0.3 is 0 Å². The van der Waals surface area contributed by atoms with E-state index >= 15 is 0 Å². The molecule has 1 unspecified atom stereocenters. The number of halogens is 2. The molecule has 0 bridgehead atoms. The molecule has 1 N–H and O–H groups in total.